The van der Waals surface area contributed by atoms with E-state index in [2.05, 4.69) is 5.32 Å². The summed E-state index contributed by atoms with van der Waals surface area (Å²) in [6.07, 6.45) is -1.36. The summed E-state index contributed by atoms with van der Waals surface area (Å²) in [5.74, 6) is -1.99. The zero-order valence-corrected chi connectivity index (χ0v) is 9.74. The third-order valence-electron chi connectivity index (χ3n) is 2.75. The number of hydrogen-bond donors (Lipinski definition) is 2. The summed E-state index contributed by atoms with van der Waals surface area (Å²) in [4.78, 5) is 10.8. The van der Waals surface area contributed by atoms with Crippen LogP contribution >= 0.6 is 0 Å². The van der Waals surface area contributed by atoms with E-state index in [1.165, 1.54) is 6.92 Å². The van der Waals surface area contributed by atoms with E-state index in [0.717, 1.165) is 6.07 Å². The van der Waals surface area contributed by atoms with E-state index in [-0.39, 0.29) is 30.2 Å². The van der Waals surface area contributed by atoms with Crippen LogP contribution in [0.5, 0.6) is 5.75 Å². The van der Waals surface area contributed by atoms with Gasteiger partial charge in [-0.05, 0) is 6.07 Å². The first-order chi connectivity index (χ1) is 8.47. The fourth-order valence-corrected chi connectivity index (χ4v) is 1.93. The van der Waals surface area contributed by atoms with E-state index in [0.29, 0.717) is 6.07 Å². The van der Waals surface area contributed by atoms with Crippen LogP contribution < -0.4 is 10.1 Å². The summed E-state index contributed by atoms with van der Waals surface area (Å²) >= 11 is 0. The lowest BCUT2D eigenvalue weighted by Crippen LogP contribution is -2.37. The number of nitrogens with one attached hydrogen (secondary N) is 1. The van der Waals surface area contributed by atoms with Gasteiger partial charge in [0, 0.05) is 25.0 Å². The van der Waals surface area contributed by atoms with E-state index in [1.54, 1.807) is 0 Å². The van der Waals surface area contributed by atoms with Crippen molar-refractivity contribution in [3.63, 3.8) is 0 Å². The van der Waals surface area contributed by atoms with Crippen LogP contribution in [0.25, 0.3) is 0 Å². The van der Waals surface area contributed by atoms with Gasteiger partial charge in [0.1, 0.15) is 11.9 Å². The maximum absolute atomic E-state index is 13.5. The van der Waals surface area contributed by atoms with Crippen LogP contribution in [0.3, 0.4) is 0 Å². The Morgan fingerprint density at radius 2 is 2.28 bits per heavy atom. The average molecular weight is 257 g/mol. The molecule has 0 aliphatic carbocycles. The fraction of sp³-hybridized carbons (Fsp3) is 0.417. The normalized spacial score (nSPS) is 22.0. The minimum atomic E-state index is -1.00. The van der Waals surface area contributed by atoms with Gasteiger partial charge in [0.15, 0.2) is 11.6 Å². The van der Waals surface area contributed by atoms with E-state index < -0.39 is 23.8 Å². The molecule has 2 N–H and O–H groups in total. The summed E-state index contributed by atoms with van der Waals surface area (Å²) in [5.41, 5.74) is 0.103. The first-order valence-corrected chi connectivity index (χ1v) is 5.55. The third kappa shape index (κ3) is 2.59. The molecule has 0 spiro atoms. The Labute approximate surface area is 103 Å². The lowest BCUT2D eigenvalue weighted by molar-refractivity contribution is -0.119. The van der Waals surface area contributed by atoms with Gasteiger partial charge in [-0.1, -0.05) is 0 Å². The molecule has 2 atom stereocenters. The Morgan fingerprint density at radius 3 is 2.94 bits per heavy atom. The molecular formula is C12H13F2NO3. The number of carbonyl (C=O) groups is 1. The molecule has 0 saturated heterocycles. The number of carbonyl (C=O) groups excluding carboxylic acids is 1. The first-order valence-electron chi connectivity index (χ1n) is 5.55. The minimum Gasteiger partial charge on any atom is -0.485 e. The van der Waals surface area contributed by atoms with Gasteiger partial charge >= 0.3 is 0 Å². The third-order valence-corrected chi connectivity index (χ3v) is 2.75. The van der Waals surface area contributed by atoms with Gasteiger partial charge in [-0.3, -0.25) is 4.79 Å². The van der Waals surface area contributed by atoms with Crippen molar-refractivity contribution in [3.05, 3.63) is 29.3 Å². The second kappa shape index (κ2) is 4.89. The molecule has 2 rings (SSSR count). The van der Waals surface area contributed by atoms with Crippen molar-refractivity contribution < 1.29 is 23.4 Å². The molecule has 1 aliphatic rings. The molecule has 6 heteroatoms. The standard InChI is InChI=1S/C12H13F2NO3/c1-6(16)15-5-8-4-11(17)9-2-7(13)3-10(14)12(9)18-8/h2-3,8,11,17H,4-5H2,1H3,(H,15,16). The Bertz CT molecular complexity index is 479. The number of halogens is 2. The topological polar surface area (TPSA) is 58.6 Å². The van der Waals surface area contributed by atoms with Gasteiger partial charge in [0.25, 0.3) is 0 Å². The smallest absolute Gasteiger partial charge is 0.217 e. The Balaban J connectivity index is 2.20. The molecule has 18 heavy (non-hydrogen) atoms. The van der Waals surface area contributed by atoms with Crippen molar-refractivity contribution in [2.75, 3.05) is 6.54 Å². The number of aliphatic hydroxyl groups excluding tert-OH is 1. The number of amides is 1. The van der Waals surface area contributed by atoms with Gasteiger partial charge in [0.05, 0.1) is 12.6 Å². The number of benzene rings is 1. The highest BCUT2D eigenvalue weighted by Gasteiger charge is 2.30. The predicted molar refractivity (Wildman–Crippen MR) is 59.0 cm³/mol. The summed E-state index contributed by atoms with van der Waals surface area (Å²) < 4.78 is 31.9. The number of rotatable bonds is 2. The van der Waals surface area contributed by atoms with Crippen LogP contribution in [-0.2, 0) is 4.79 Å². The van der Waals surface area contributed by atoms with Crippen molar-refractivity contribution >= 4 is 5.91 Å². The number of aliphatic hydroxyl groups is 1. The van der Waals surface area contributed by atoms with Crippen LogP contribution in [0, 0.1) is 11.6 Å². The molecule has 1 aliphatic heterocycles. The largest absolute Gasteiger partial charge is 0.485 e. The van der Waals surface area contributed by atoms with Crippen molar-refractivity contribution in [2.24, 2.45) is 0 Å². The molecule has 0 radical (unpaired) electrons. The van der Waals surface area contributed by atoms with Crippen LogP contribution in [0.15, 0.2) is 12.1 Å². The Morgan fingerprint density at radius 1 is 1.56 bits per heavy atom. The maximum atomic E-state index is 13.5. The monoisotopic (exact) mass is 257 g/mol. The van der Waals surface area contributed by atoms with E-state index in [1.807, 2.05) is 0 Å². The molecule has 0 saturated carbocycles. The molecule has 0 bridgehead atoms. The van der Waals surface area contributed by atoms with Crippen LogP contribution in [0.2, 0.25) is 0 Å². The zero-order valence-electron chi connectivity index (χ0n) is 9.74. The highest BCUT2D eigenvalue weighted by molar-refractivity contribution is 5.72. The summed E-state index contributed by atoms with van der Waals surface area (Å²) in [5, 5.41) is 12.3. The molecule has 1 heterocycles. The van der Waals surface area contributed by atoms with Crippen molar-refractivity contribution in [2.45, 2.75) is 25.6 Å². The molecule has 98 valence electrons. The van der Waals surface area contributed by atoms with Crippen LogP contribution in [-0.4, -0.2) is 23.7 Å². The van der Waals surface area contributed by atoms with Gasteiger partial charge in [0.2, 0.25) is 5.91 Å². The lowest BCUT2D eigenvalue weighted by Gasteiger charge is -2.29. The fourth-order valence-electron chi connectivity index (χ4n) is 1.93. The van der Waals surface area contributed by atoms with E-state index >= 15 is 0 Å². The SMILES string of the molecule is CC(=O)NCC1CC(O)c2cc(F)cc(F)c2O1. The van der Waals surface area contributed by atoms with Gasteiger partial charge in [-0.2, -0.15) is 0 Å². The molecule has 1 amide bonds. The number of ether oxygens (including phenoxy) is 1. The lowest BCUT2D eigenvalue weighted by atomic mass is 9.98. The molecular weight excluding hydrogens is 244 g/mol. The van der Waals surface area contributed by atoms with Crippen LogP contribution in [0.4, 0.5) is 8.78 Å². The van der Waals surface area contributed by atoms with Crippen LogP contribution in [0.1, 0.15) is 25.0 Å². The molecule has 1 aromatic rings. The van der Waals surface area contributed by atoms with Crippen molar-refractivity contribution in [1.29, 1.82) is 0 Å². The molecule has 2 unspecified atom stereocenters. The summed E-state index contributed by atoms with van der Waals surface area (Å²) in [6, 6.07) is 1.75. The minimum absolute atomic E-state index is 0.103. The van der Waals surface area contributed by atoms with Gasteiger partial charge in [-0.15, -0.1) is 0 Å². The van der Waals surface area contributed by atoms with E-state index in [9.17, 15) is 18.7 Å². The number of hydrogen-bond acceptors (Lipinski definition) is 3. The van der Waals surface area contributed by atoms with Crippen molar-refractivity contribution in [3.8, 4) is 5.75 Å². The molecule has 4 nitrogen and oxygen atoms in total. The quantitative estimate of drug-likeness (QED) is 0.839. The molecule has 0 fully saturated rings. The van der Waals surface area contributed by atoms with Crippen molar-refractivity contribution in [1.82, 2.24) is 5.32 Å². The number of fused-ring (bicyclic) bond motifs is 1. The average Bonchev–Trinajstić information content (AvgIpc) is 2.28. The second-order valence-electron chi connectivity index (χ2n) is 4.23. The first kappa shape index (κ1) is 12.8. The molecule has 1 aromatic carbocycles. The highest BCUT2D eigenvalue weighted by Crippen LogP contribution is 2.37. The van der Waals surface area contributed by atoms with Gasteiger partial charge in [-0.25, -0.2) is 8.78 Å². The van der Waals surface area contributed by atoms with E-state index in [4.69, 9.17) is 4.74 Å². The Hall–Kier alpha value is -1.69. The predicted octanol–water partition coefficient (Wildman–Crippen LogP) is 1.29. The zero-order chi connectivity index (χ0) is 13.3. The molecule has 0 aromatic heterocycles. The second-order valence-corrected chi connectivity index (χ2v) is 4.23. The summed E-state index contributed by atoms with van der Waals surface area (Å²) in [6.45, 7) is 1.52. The van der Waals surface area contributed by atoms with Gasteiger partial charge < -0.3 is 15.2 Å². The highest BCUT2D eigenvalue weighted by atomic mass is 19.1. The maximum Gasteiger partial charge on any atom is 0.217 e. The Kier molecular flexibility index (Phi) is 3.47. The summed E-state index contributed by atoms with van der Waals surface area (Å²) in [7, 11) is 0.